The Bertz CT molecular complexity index is 915. The van der Waals surface area contributed by atoms with Crippen LogP contribution in [0.3, 0.4) is 0 Å². The molecule has 1 fully saturated rings. The maximum atomic E-state index is 12.8. The molecular formula is C26H33BrN2O3. The fourth-order valence-corrected chi connectivity index (χ4v) is 4.79. The molecule has 1 amide bonds. The Balaban J connectivity index is 1.66. The topological polar surface area (TPSA) is 92.4 Å². The average Bonchev–Trinajstić information content (AvgIpc) is 2.76. The van der Waals surface area contributed by atoms with E-state index in [4.69, 9.17) is 10.8 Å². The summed E-state index contributed by atoms with van der Waals surface area (Å²) in [6.07, 6.45) is 4.99. The molecule has 6 heteroatoms. The van der Waals surface area contributed by atoms with E-state index >= 15 is 0 Å². The fourth-order valence-electron chi connectivity index (χ4n) is 4.53. The molecule has 4 N–H and O–H groups in total. The number of nitrogens with two attached hydrogens (primary N) is 1. The molecule has 0 saturated heterocycles. The molecule has 0 spiro atoms. The largest absolute Gasteiger partial charge is 0.480 e. The van der Waals surface area contributed by atoms with Crippen molar-refractivity contribution in [3.05, 3.63) is 69.7 Å². The number of carboxylic acid groups (broad SMARTS) is 1. The first kappa shape index (κ1) is 24.5. The van der Waals surface area contributed by atoms with Crippen LogP contribution in [-0.4, -0.2) is 29.6 Å². The maximum absolute atomic E-state index is 12.8. The lowest BCUT2D eigenvalue weighted by molar-refractivity contribution is -0.138. The van der Waals surface area contributed by atoms with Crippen molar-refractivity contribution >= 4 is 27.8 Å². The number of amides is 1. The number of carboxylic acids is 1. The lowest BCUT2D eigenvalue weighted by Gasteiger charge is -2.38. The first-order valence-electron chi connectivity index (χ1n) is 11.3. The third-order valence-electron chi connectivity index (χ3n) is 6.72. The normalized spacial score (nSPS) is 18.0. The number of aliphatic carboxylic acids is 1. The maximum Gasteiger partial charge on any atom is 0.320 e. The van der Waals surface area contributed by atoms with Gasteiger partial charge in [-0.25, -0.2) is 0 Å². The predicted molar refractivity (Wildman–Crippen MR) is 131 cm³/mol. The molecule has 0 heterocycles. The van der Waals surface area contributed by atoms with Crippen molar-refractivity contribution in [2.45, 2.75) is 57.9 Å². The summed E-state index contributed by atoms with van der Waals surface area (Å²) < 4.78 is 1.05. The Morgan fingerprint density at radius 3 is 2.25 bits per heavy atom. The lowest BCUT2D eigenvalue weighted by Crippen LogP contribution is -2.34. The number of hydrogen-bond acceptors (Lipinski definition) is 3. The number of rotatable bonds is 8. The van der Waals surface area contributed by atoms with E-state index < -0.39 is 12.0 Å². The summed E-state index contributed by atoms with van der Waals surface area (Å²) in [5, 5.41) is 12.1. The van der Waals surface area contributed by atoms with Crippen LogP contribution in [0.1, 0.15) is 66.9 Å². The quantitative estimate of drug-likeness (QED) is 0.468. The Labute approximate surface area is 198 Å². The molecule has 5 nitrogen and oxygen atoms in total. The molecule has 2 aromatic rings. The first-order chi connectivity index (χ1) is 15.1. The summed E-state index contributed by atoms with van der Waals surface area (Å²) in [6, 6.07) is 14.5. The van der Waals surface area contributed by atoms with Crippen molar-refractivity contribution in [2.75, 3.05) is 6.54 Å². The van der Waals surface area contributed by atoms with E-state index in [0.717, 1.165) is 10.0 Å². The van der Waals surface area contributed by atoms with Gasteiger partial charge in [0.05, 0.1) is 0 Å². The van der Waals surface area contributed by atoms with Gasteiger partial charge in [0.2, 0.25) is 0 Å². The monoisotopic (exact) mass is 500 g/mol. The molecule has 2 aromatic carbocycles. The van der Waals surface area contributed by atoms with Crippen LogP contribution in [-0.2, 0) is 11.2 Å². The molecule has 0 bridgehead atoms. The summed E-state index contributed by atoms with van der Waals surface area (Å²) in [5.41, 5.74) is 8.62. The highest BCUT2D eigenvalue weighted by Gasteiger charge is 2.32. The summed E-state index contributed by atoms with van der Waals surface area (Å²) in [7, 11) is 0. The van der Waals surface area contributed by atoms with Gasteiger partial charge in [-0.1, -0.05) is 54.0 Å². The van der Waals surface area contributed by atoms with Gasteiger partial charge in [0.15, 0.2) is 0 Å². The fraction of sp³-hybridized carbons (Fsp3) is 0.462. The van der Waals surface area contributed by atoms with Gasteiger partial charge < -0.3 is 16.2 Å². The summed E-state index contributed by atoms with van der Waals surface area (Å²) in [4.78, 5) is 23.8. The van der Waals surface area contributed by atoms with Gasteiger partial charge in [0.1, 0.15) is 6.04 Å². The van der Waals surface area contributed by atoms with Crippen LogP contribution < -0.4 is 11.1 Å². The van der Waals surface area contributed by atoms with Gasteiger partial charge in [-0.15, -0.1) is 0 Å². The number of hydrogen-bond donors (Lipinski definition) is 3. The van der Waals surface area contributed by atoms with Crippen LogP contribution in [0.2, 0.25) is 0 Å². The van der Waals surface area contributed by atoms with Crippen LogP contribution in [0.25, 0.3) is 0 Å². The van der Waals surface area contributed by atoms with Crippen LogP contribution in [0, 0.1) is 11.3 Å². The van der Waals surface area contributed by atoms with Crippen LogP contribution in [0.5, 0.6) is 0 Å². The third-order valence-corrected chi connectivity index (χ3v) is 7.25. The van der Waals surface area contributed by atoms with Crippen molar-refractivity contribution in [3.8, 4) is 0 Å². The second-order valence-corrected chi connectivity index (χ2v) is 10.6. The Hall–Kier alpha value is -2.18. The molecule has 0 aliphatic heterocycles. The van der Waals surface area contributed by atoms with Gasteiger partial charge in [-0.3, -0.25) is 9.59 Å². The number of nitrogens with one attached hydrogen (secondary N) is 1. The molecule has 0 unspecified atom stereocenters. The first-order valence-corrected chi connectivity index (χ1v) is 12.0. The third kappa shape index (κ3) is 6.66. The Morgan fingerprint density at radius 2 is 1.69 bits per heavy atom. The predicted octanol–water partition coefficient (Wildman–Crippen LogP) is 5.13. The highest BCUT2D eigenvalue weighted by atomic mass is 79.9. The van der Waals surface area contributed by atoms with E-state index in [2.05, 4.69) is 59.4 Å². The van der Waals surface area contributed by atoms with Crippen molar-refractivity contribution in [2.24, 2.45) is 17.1 Å². The van der Waals surface area contributed by atoms with Gasteiger partial charge in [-0.05, 0) is 78.8 Å². The van der Waals surface area contributed by atoms with Crippen LogP contribution >= 0.6 is 15.9 Å². The van der Waals surface area contributed by atoms with Crippen LogP contribution in [0.15, 0.2) is 53.0 Å². The zero-order chi connectivity index (χ0) is 23.3. The smallest absolute Gasteiger partial charge is 0.320 e. The number of carbonyl (C=O) groups excluding carboxylic acids is 1. The SMILES string of the molecule is CC1(C)CCC([C@@H](CNC(=O)c2ccc(C[C@H](N)C(=O)O)cc2)c2ccc(Br)cc2)CC1. The molecule has 0 aromatic heterocycles. The van der Waals surface area contributed by atoms with E-state index in [1.807, 2.05) is 0 Å². The molecule has 1 saturated carbocycles. The second-order valence-electron chi connectivity index (χ2n) is 9.72. The number of halogens is 1. The minimum absolute atomic E-state index is 0.114. The van der Waals surface area contributed by atoms with Crippen LogP contribution in [0.4, 0.5) is 0 Å². The lowest BCUT2D eigenvalue weighted by atomic mass is 9.68. The van der Waals surface area contributed by atoms with E-state index in [1.54, 1.807) is 24.3 Å². The molecule has 3 rings (SSSR count). The Morgan fingerprint density at radius 1 is 1.09 bits per heavy atom. The molecule has 1 aliphatic rings. The van der Waals surface area contributed by atoms with E-state index in [-0.39, 0.29) is 18.2 Å². The zero-order valence-electron chi connectivity index (χ0n) is 18.8. The van der Waals surface area contributed by atoms with Crippen molar-refractivity contribution < 1.29 is 14.7 Å². The van der Waals surface area contributed by atoms with Crippen molar-refractivity contribution in [1.82, 2.24) is 5.32 Å². The number of carbonyl (C=O) groups is 2. The zero-order valence-corrected chi connectivity index (χ0v) is 20.4. The minimum Gasteiger partial charge on any atom is -0.480 e. The van der Waals surface area contributed by atoms with Gasteiger partial charge >= 0.3 is 5.97 Å². The van der Waals surface area contributed by atoms with Crippen molar-refractivity contribution in [3.63, 3.8) is 0 Å². The molecule has 0 radical (unpaired) electrons. The average molecular weight is 501 g/mol. The minimum atomic E-state index is -1.03. The van der Waals surface area contributed by atoms with E-state index in [9.17, 15) is 9.59 Å². The highest BCUT2D eigenvalue weighted by Crippen LogP contribution is 2.43. The molecule has 172 valence electrons. The molecule has 32 heavy (non-hydrogen) atoms. The summed E-state index contributed by atoms with van der Waals surface area (Å²) in [5.74, 6) is -0.324. The molecular weight excluding hydrogens is 468 g/mol. The molecule has 2 atom stereocenters. The van der Waals surface area contributed by atoms with Gasteiger partial charge in [0, 0.05) is 22.5 Å². The van der Waals surface area contributed by atoms with E-state index in [0.29, 0.717) is 23.4 Å². The molecule has 1 aliphatic carbocycles. The number of benzene rings is 2. The van der Waals surface area contributed by atoms with Gasteiger partial charge in [0.25, 0.3) is 5.91 Å². The van der Waals surface area contributed by atoms with Crippen molar-refractivity contribution in [1.29, 1.82) is 0 Å². The summed E-state index contributed by atoms with van der Waals surface area (Å²) in [6.45, 7) is 5.27. The standard InChI is InChI=1S/C26H33BrN2O3/c1-26(2)13-11-19(12-14-26)22(18-7-9-21(27)10-8-18)16-29-24(30)20-5-3-17(4-6-20)15-23(28)25(31)32/h3-10,19,22-23H,11-16,28H2,1-2H3,(H,29,30)(H,31,32)/t22-,23-/m0/s1. The highest BCUT2D eigenvalue weighted by molar-refractivity contribution is 9.10. The van der Waals surface area contributed by atoms with E-state index in [1.165, 1.54) is 31.2 Å². The van der Waals surface area contributed by atoms with Gasteiger partial charge in [-0.2, -0.15) is 0 Å². The Kier molecular flexibility index (Phi) is 8.12. The summed E-state index contributed by atoms with van der Waals surface area (Å²) >= 11 is 3.52. The second kappa shape index (κ2) is 10.6.